The first-order valence-electron chi connectivity index (χ1n) is 7.35. The van der Waals surface area contributed by atoms with Crippen LogP contribution in [0.25, 0.3) is 11.0 Å². The summed E-state index contributed by atoms with van der Waals surface area (Å²) in [6, 6.07) is 1.76. The van der Waals surface area contributed by atoms with Gasteiger partial charge in [-0.25, -0.2) is 9.67 Å². The maximum Gasteiger partial charge on any atom is 0.264 e. The molecule has 1 aliphatic rings. The molecular weight excluding hydrogens is 386 g/mol. The van der Waals surface area contributed by atoms with Crippen LogP contribution in [-0.4, -0.2) is 36.0 Å². The van der Waals surface area contributed by atoms with E-state index < -0.39 is 10.1 Å². The second-order valence-electron chi connectivity index (χ2n) is 5.62. The molecule has 1 aliphatic heterocycles. The van der Waals surface area contributed by atoms with Gasteiger partial charge in [0.1, 0.15) is 4.60 Å². The summed E-state index contributed by atoms with van der Waals surface area (Å²) >= 11 is 3.37. The Morgan fingerprint density at radius 2 is 2.26 bits per heavy atom. The Bertz CT molecular complexity index is 828. The van der Waals surface area contributed by atoms with Crippen molar-refractivity contribution in [1.82, 2.24) is 14.8 Å². The molecule has 0 amide bonds. The van der Waals surface area contributed by atoms with E-state index in [9.17, 15) is 8.42 Å². The van der Waals surface area contributed by atoms with Crippen molar-refractivity contribution in [3.63, 3.8) is 0 Å². The molecule has 3 heterocycles. The van der Waals surface area contributed by atoms with Crippen molar-refractivity contribution in [2.45, 2.75) is 39.0 Å². The van der Waals surface area contributed by atoms with Gasteiger partial charge in [-0.2, -0.15) is 13.5 Å². The standard InChI is InChI=1S/C14H18BrN3O4S/c1-9-13-10(8-22-23(2,19)20)7-11(15)16-14(13)18(17-9)12-5-3-4-6-21-12/h7,12H,3-6,8H2,1-2H3. The van der Waals surface area contributed by atoms with Crippen molar-refractivity contribution in [3.05, 3.63) is 21.9 Å². The quantitative estimate of drug-likeness (QED) is 0.576. The molecule has 1 unspecified atom stereocenters. The van der Waals surface area contributed by atoms with Crippen LogP contribution in [0.5, 0.6) is 0 Å². The van der Waals surface area contributed by atoms with Gasteiger partial charge < -0.3 is 4.74 Å². The third-order valence-electron chi connectivity index (χ3n) is 3.74. The minimum atomic E-state index is -3.52. The Morgan fingerprint density at radius 3 is 2.91 bits per heavy atom. The van der Waals surface area contributed by atoms with Gasteiger partial charge in [-0.05, 0) is 53.7 Å². The highest BCUT2D eigenvalue weighted by atomic mass is 79.9. The van der Waals surface area contributed by atoms with Crippen molar-refractivity contribution in [2.75, 3.05) is 12.9 Å². The van der Waals surface area contributed by atoms with E-state index >= 15 is 0 Å². The fourth-order valence-corrected chi connectivity index (χ4v) is 3.55. The number of aromatic nitrogens is 3. The molecule has 0 saturated carbocycles. The first-order chi connectivity index (χ1) is 10.8. The van der Waals surface area contributed by atoms with Crippen LogP contribution in [0, 0.1) is 6.92 Å². The van der Waals surface area contributed by atoms with E-state index in [-0.39, 0.29) is 12.8 Å². The van der Waals surface area contributed by atoms with E-state index in [1.807, 2.05) is 6.92 Å². The molecule has 9 heteroatoms. The number of nitrogens with zero attached hydrogens (tertiary/aromatic N) is 3. The normalized spacial score (nSPS) is 19.3. The first kappa shape index (κ1) is 16.8. The number of hydrogen-bond donors (Lipinski definition) is 0. The maximum atomic E-state index is 11.3. The molecule has 7 nitrogen and oxygen atoms in total. The summed E-state index contributed by atoms with van der Waals surface area (Å²) in [5.74, 6) is 0. The van der Waals surface area contributed by atoms with Crippen molar-refractivity contribution >= 4 is 37.1 Å². The van der Waals surface area contributed by atoms with Crippen molar-refractivity contribution in [1.29, 1.82) is 0 Å². The number of fused-ring (bicyclic) bond motifs is 1. The van der Waals surface area contributed by atoms with Crippen molar-refractivity contribution in [3.8, 4) is 0 Å². The highest BCUT2D eigenvalue weighted by Gasteiger charge is 2.23. The SMILES string of the molecule is Cc1nn(C2CCCCO2)c2nc(Br)cc(COS(C)(=O)=O)c12. The molecular formula is C14H18BrN3O4S. The predicted molar refractivity (Wildman–Crippen MR) is 88.4 cm³/mol. The van der Waals surface area contributed by atoms with E-state index in [2.05, 4.69) is 26.0 Å². The summed E-state index contributed by atoms with van der Waals surface area (Å²) in [5, 5.41) is 5.37. The molecule has 23 heavy (non-hydrogen) atoms. The molecule has 1 saturated heterocycles. The van der Waals surface area contributed by atoms with Crippen LogP contribution >= 0.6 is 15.9 Å². The van der Waals surface area contributed by atoms with Gasteiger partial charge in [0.2, 0.25) is 0 Å². The molecule has 126 valence electrons. The molecule has 0 radical (unpaired) electrons. The summed E-state index contributed by atoms with van der Waals surface area (Å²) in [4.78, 5) is 4.51. The summed E-state index contributed by atoms with van der Waals surface area (Å²) in [7, 11) is -3.52. The number of halogens is 1. The van der Waals surface area contributed by atoms with Gasteiger partial charge in [0, 0.05) is 12.0 Å². The summed E-state index contributed by atoms with van der Waals surface area (Å²) < 4.78 is 35.7. The molecule has 2 aromatic rings. The highest BCUT2D eigenvalue weighted by molar-refractivity contribution is 9.10. The van der Waals surface area contributed by atoms with Gasteiger partial charge >= 0.3 is 0 Å². The van der Waals surface area contributed by atoms with Gasteiger partial charge in [0.15, 0.2) is 11.9 Å². The number of aryl methyl sites for hydroxylation is 1. The van der Waals surface area contributed by atoms with Crippen LogP contribution in [-0.2, 0) is 25.6 Å². The zero-order chi connectivity index (χ0) is 16.6. The summed E-state index contributed by atoms with van der Waals surface area (Å²) in [6.07, 6.45) is 3.93. The van der Waals surface area contributed by atoms with Gasteiger partial charge in [-0.1, -0.05) is 0 Å². The zero-order valence-electron chi connectivity index (χ0n) is 13.0. The number of rotatable bonds is 4. The minimum Gasteiger partial charge on any atom is -0.356 e. The lowest BCUT2D eigenvalue weighted by Gasteiger charge is -2.23. The molecule has 1 atom stereocenters. The average Bonchev–Trinajstić information content (AvgIpc) is 2.82. The number of hydrogen-bond acceptors (Lipinski definition) is 6. The fourth-order valence-electron chi connectivity index (χ4n) is 2.77. The summed E-state index contributed by atoms with van der Waals surface area (Å²) in [6.45, 7) is 2.54. The molecule has 3 rings (SSSR count). The lowest BCUT2D eigenvalue weighted by atomic mass is 10.1. The maximum absolute atomic E-state index is 11.3. The van der Waals surface area contributed by atoms with E-state index in [0.29, 0.717) is 16.9 Å². The lowest BCUT2D eigenvalue weighted by molar-refractivity contribution is -0.0371. The monoisotopic (exact) mass is 403 g/mol. The predicted octanol–water partition coefficient (Wildman–Crippen LogP) is 2.68. The van der Waals surface area contributed by atoms with Gasteiger partial charge in [-0.3, -0.25) is 4.18 Å². The van der Waals surface area contributed by atoms with Crippen LogP contribution < -0.4 is 0 Å². The smallest absolute Gasteiger partial charge is 0.264 e. The van der Waals surface area contributed by atoms with Gasteiger partial charge in [0.05, 0.1) is 18.6 Å². The average molecular weight is 404 g/mol. The van der Waals surface area contributed by atoms with Crippen molar-refractivity contribution in [2.24, 2.45) is 0 Å². The van der Waals surface area contributed by atoms with Gasteiger partial charge in [-0.15, -0.1) is 0 Å². The number of pyridine rings is 1. The second kappa shape index (κ2) is 6.46. The fraction of sp³-hybridized carbons (Fsp3) is 0.571. The van der Waals surface area contributed by atoms with Crippen LogP contribution in [0.3, 0.4) is 0 Å². The molecule has 0 bridgehead atoms. The molecule has 0 aliphatic carbocycles. The Labute approximate surface area is 143 Å². The Balaban J connectivity index is 2.06. The first-order valence-corrected chi connectivity index (χ1v) is 9.96. The molecule has 0 aromatic carbocycles. The Morgan fingerprint density at radius 1 is 1.48 bits per heavy atom. The van der Waals surface area contributed by atoms with Crippen LogP contribution in [0.4, 0.5) is 0 Å². The van der Waals surface area contributed by atoms with E-state index in [4.69, 9.17) is 8.92 Å². The Hall–Kier alpha value is -1.03. The van der Waals surface area contributed by atoms with Crippen molar-refractivity contribution < 1.29 is 17.3 Å². The number of ether oxygens (including phenoxy) is 1. The van der Waals surface area contributed by atoms with Crippen LogP contribution in [0.2, 0.25) is 0 Å². The third kappa shape index (κ3) is 3.73. The molecule has 1 fully saturated rings. The molecule has 2 aromatic heterocycles. The van der Waals surface area contributed by atoms with E-state index in [1.54, 1.807) is 10.7 Å². The van der Waals surface area contributed by atoms with Crippen LogP contribution in [0.1, 0.15) is 36.7 Å². The second-order valence-corrected chi connectivity index (χ2v) is 8.08. The Kier molecular flexibility index (Phi) is 4.73. The van der Waals surface area contributed by atoms with Crippen LogP contribution in [0.15, 0.2) is 10.7 Å². The van der Waals surface area contributed by atoms with E-state index in [0.717, 1.165) is 42.2 Å². The van der Waals surface area contributed by atoms with Gasteiger partial charge in [0.25, 0.3) is 10.1 Å². The lowest BCUT2D eigenvalue weighted by Crippen LogP contribution is -2.19. The highest BCUT2D eigenvalue weighted by Crippen LogP contribution is 2.30. The summed E-state index contributed by atoms with van der Waals surface area (Å²) in [5.41, 5.74) is 2.18. The molecule has 0 N–H and O–H groups in total. The van der Waals surface area contributed by atoms with E-state index in [1.165, 1.54) is 0 Å². The minimum absolute atomic E-state index is 0.0471. The topological polar surface area (TPSA) is 83.3 Å². The largest absolute Gasteiger partial charge is 0.356 e. The molecule has 0 spiro atoms. The third-order valence-corrected chi connectivity index (χ3v) is 4.70. The zero-order valence-corrected chi connectivity index (χ0v) is 15.4.